The number of hydrogen-bond acceptors (Lipinski definition) is 3. The van der Waals surface area contributed by atoms with Gasteiger partial charge in [0.25, 0.3) is 0 Å². The number of ketones is 1. The summed E-state index contributed by atoms with van der Waals surface area (Å²) in [6, 6.07) is 5.11. The van der Waals surface area contributed by atoms with Crippen molar-refractivity contribution >= 4 is 33.3 Å². The normalized spacial score (nSPS) is 10.6. The van der Waals surface area contributed by atoms with Crippen LogP contribution in [-0.4, -0.2) is 20.8 Å². The highest BCUT2D eigenvalue weighted by Crippen LogP contribution is 2.24. The zero-order chi connectivity index (χ0) is 13.1. The maximum atomic E-state index is 12.3. The van der Waals surface area contributed by atoms with Crippen LogP contribution in [0.5, 0.6) is 0 Å². The fourth-order valence-corrected chi connectivity index (χ4v) is 2.02. The van der Waals surface area contributed by atoms with Crippen molar-refractivity contribution in [3.8, 4) is 0 Å². The van der Waals surface area contributed by atoms with Gasteiger partial charge in [0, 0.05) is 16.6 Å². The van der Waals surface area contributed by atoms with E-state index in [2.05, 4.69) is 26.2 Å². The summed E-state index contributed by atoms with van der Waals surface area (Å²) < 4.78 is 2.37. The number of aryl methyl sites for hydroxylation is 1. The molecule has 94 valence electrons. The van der Waals surface area contributed by atoms with E-state index in [0.717, 1.165) is 10.9 Å². The van der Waals surface area contributed by atoms with Crippen molar-refractivity contribution in [3.63, 3.8) is 0 Å². The minimum absolute atomic E-state index is 0.122. The first-order valence-corrected chi connectivity index (χ1v) is 6.68. The molecule has 0 aliphatic carbocycles. The lowest BCUT2D eigenvalue weighted by atomic mass is 10.1. The molecule has 0 radical (unpaired) electrons. The van der Waals surface area contributed by atoms with E-state index in [9.17, 15) is 4.79 Å². The fourth-order valence-electron chi connectivity index (χ4n) is 1.60. The van der Waals surface area contributed by atoms with Gasteiger partial charge in [0.1, 0.15) is 5.69 Å². The smallest absolute Gasteiger partial charge is 0.212 e. The lowest BCUT2D eigenvalue weighted by Crippen LogP contribution is -2.11. The van der Waals surface area contributed by atoms with Crippen molar-refractivity contribution in [1.29, 1.82) is 0 Å². The first-order chi connectivity index (χ1) is 8.63. The SMILES string of the molecule is CCCn1nncc1C(=O)c1ccc(Br)c(Cl)c1. The van der Waals surface area contributed by atoms with Gasteiger partial charge in [-0.1, -0.05) is 23.7 Å². The highest BCUT2D eigenvalue weighted by Gasteiger charge is 2.15. The molecule has 4 nitrogen and oxygen atoms in total. The Kier molecular flexibility index (Phi) is 4.14. The summed E-state index contributed by atoms with van der Waals surface area (Å²) in [5.74, 6) is -0.122. The number of rotatable bonds is 4. The van der Waals surface area contributed by atoms with Crippen molar-refractivity contribution in [1.82, 2.24) is 15.0 Å². The summed E-state index contributed by atoms with van der Waals surface area (Å²) in [5.41, 5.74) is 1.01. The Morgan fingerprint density at radius 1 is 1.50 bits per heavy atom. The molecule has 0 N–H and O–H groups in total. The van der Waals surface area contributed by atoms with Gasteiger partial charge in [-0.2, -0.15) is 0 Å². The molecule has 2 rings (SSSR count). The van der Waals surface area contributed by atoms with Crippen molar-refractivity contribution in [2.45, 2.75) is 19.9 Å². The molecule has 0 fully saturated rings. The quantitative estimate of drug-likeness (QED) is 0.809. The van der Waals surface area contributed by atoms with Crippen LogP contribution in [0.1, 0.15) is 29.4 Å². The first kappa shape index (κ1) is 13.2. The molecule has 1 aromatic carbocycles. The summed E-state index contributed by atoms with van der Waals surface area (Å²) >= 11 is 9.28. The van der Waals surface area contributed by atoms with Crippen LogP contribution in [0, 0.1) is 0 Å². The number of nitrogens with zero attached hydrogens (tertiary/aromatic N) is 3. The third-order valence-corrected chi connectivity index (χ3v) is 3.70. The van der Waals surface area contributed by atoms with Crippen molar-refractivity contribution in [3.05, 3.63) is 45.1 Å². The summed E-state index contributed by atoms with van der Waals surface area (Å²) in [6.45, 7) is 2.69. The Hall–Kier alpha value is -1.20. The molecule has 0 saturated heterocycles. The van der Waals surface area contributed by atoms with E-state index >= 15 is 0 Å². The zero-order valence-corrected chi connectivity index (χ0v) is 12.1. The third-order valence-electron chi connectivity index (χ3n) is 2.47. The number of carbonyl (C=O) groups excluding carboxylic acids is 1. The van der Waals surface area contributed by atoms with Gasteiger partial charge in [-0.25, -0.2) is 4.68 Å². The monoisotopic (exact) mass is 327 g/mol. The second-order valence-corrected chi connectivity index (χ2v) is 5.06. The van der Waals surface area contributed by atoms with Crippen molar-refractivity contribution < 1.29 is 4.79 Å². The van der Waals surface area contributed by atoms with Crippen LogP contribution in [0.25, 0.3) is 0 Å². The van der Waals surface area contributed by atoms with Crippen LogP contribution in [0.2, 0.25) is 5.02 Å². The average molecular weight is 329 g/mol. The first-order valence-electron chi connectivity index (χ1n) is 5.51. The van der Waals surface area contributed by atoms with E-state index in [-0.39, 0.29) is 5.78 Å². The second kappa shape index (κ2) is 5.63. The second-order valence-electron chi connectivity index (χ2n) is 3.80. The molecule has 0 bridgehead atoms. The maximum absolute atomic E-state index is 12.3. The van der Waals surface area contributed by atoms with E-state index < -0.39 is 0 Å². The number of carbonyl (C=O) groups is 1. The molecule has 0 saturated carbocycles. The molecule has 18 heavy (non-hydrogen) atoms. The fraction of sp³-hybridized carbons (Fsp3) is 0.250. The van der Waals surface area contributed by atoms with E-state index in [4.69, 9.17) is 11.6 Å². The molecular formula is C12H11BrClN3O. The van der Waals surface area contributed by atoms with Crippen LogP contribution in [0.3, 0.4) is 0 Å². The highest BCUT2D eigenvalue weighted by atomic mass is 79.9. The number of hydrogen-bond donors (Lipinski definition) is 0. The standard InChI is InChI=1S/C12H11BrClN3O/c1-2-5-17-11(7-15-16-17)12(18)8-3-4-9(13)10(14)6-8/h3-4,6-7H,2,5H2,1H3. The Morgan fingerprint density at radius 3 is 2.94 bits per heavy atom. The summed E-state index contributed by atoms with van der Waals surface area (Å²) in [4.78, 5) is 12.3. The van der Waals surface area contributed by atoms with Gasteiger partial charge in [-0.3, -0.25) is 4.79 Å². The Morgan fingerprint density at radius 2 is 2.28 bits per heavy atom. The van der Waals surface area contributed by atoms with Crippen LogP contribution in [-0.2, 0) is 6.54 Å². The molecule has 0 aliphatic rings. The molecule has 6 heteroatoms. The molecular weight excluding hydrogens is 318 g/mol. The minimum Gasteiger partial charge on any atom is -0.287 e. The Bertz CT molecular complexity index is 582. The summed E-state index contributed by atoms with van der Waals surface area (Å²) in [5, 5.41) is 8.18. The van der Waals surface area contributed by atoms with Gasteiger partial charge >= 0.3 is 0 Å². The molecule has 0 atom stereocenters. The van der Waals surface area contributed by atoms with Gasteiger partial charge in [-0.15, -0.1) is 5.10 Å². The molecule has 0 aliphatic heterocycles. The minimum atomic E-state index is -0.122. The van der Waals surface area contributed by atoms with E-state index in [1.165, 1.54) is 6.20 Å². The predicted octanol–water partition coefficient (Wildman–Crippen LogP) is 3.34. The summed E-state index contributed by atoms with van der Waals surface area (Å²) in [7, 11) is 0. The van der Waals surface area contributed by atoms with E-state index in [1.54, 1.807) is 22.9 Å². The highest BCUT2D eigenvalue weighted by molar-refractivity contribution is 9.10. The van der Waals surface area contributed by atoms with E-state index in [1.807, 2.05) is 6.92 Å². The van der Waals surface area contributed by atoms with Gasteiger partial charge in [0.05, 0.1) is 11.2 Å². The largest absolute Gasteiger partial charge is 0.287 e. The van der Waals surface area contributed by atoms with Crippen LogP contribution >= 0.6 is 27.5 Å². The van der Waals surface area contributed by atoms with E-state index in [0.29, 0.717) is 22.8 Å². The van der Waals surface area contributed by atoms with Crippen LogP contribution < -0.4 is 0 Å². The van der Waals surface area contributed by atoms with Crippen LogP contribution in [0.4, 0.5) is 0 Å². The molecule has 1 heterocycles. The van der Waals surface area contributed by atoms with Gasteiger partial charge in [0.15, 0.2) is 0 Å². The maximum Gasteiger partial charge on any atom is 0.212 e. The van der Waals surface area contributed by atoms with Crippen molar-refractivity contribution in [2.24, 2.45) is 0 Å². The predicted molar refractivity (Wildman–Crippen MR) is 72.9 cm³/mol. The molecule has 1 aromatic heterocycles. The average Bonchev–Trinajstić information content (AvgIpc) is 2.80. The number of benzene rings is 1. The number of halogens is 2. The molecule has 0 amide bonds. The van der Waals surface area contributed by atoms with Gasteiger partial charge in [-0.05, 0) is 40.5 Å². The Labute approximate surface area is 118 Å². The molecule has 0 unspecified atom stereocenters. The zero-order valence-electron chi connectivity index (χ0n) is 9.73. The van der Waals surface area contributed by atoms with Crippen LogP contribution in [0.15, 0.2) is 28.9 Å². The Balaban J connectivity index is 2.35. The topological polar surface area (TPSA) is 47.8 Å². The van der Waals surface area contributed by atoms with Gasteiger partial charge < -0.3 is 0 Å². The molecule has 0 spiro atoms. The summed E-state index contributed by atoms with van der Waals surface area (Å²) in [6.07, 6.45) is 2.37. The third kappa shape index (κ3) is 2.62. The van der Waals surface area contributed by atoms with Gasteiger partial charge in [0.2, 0.25) is 5.78 Å². The molecule has 2 aromatic rings. The lowest BCUT2D eigenvalue weighted by Gasteiger charge is -2.05. The lowest BCUT2D eigenvalue weighted by molar-refractivity contribution is 0.102. The van der Waals surface area contributed by atoms with Crippen molar-refractivity contribution in [2.75, 3.05) is 0 Å². The number of aromatic nitrogens is 3.